The van der Waals surface area contributed by atoms with E-state index < -0.39 is 11.5 Å². The molecule has 1 heterocycles. The van der Waals surface area contributed by atoms with Crippen LogP contribution in [0.5, 0.6) is 0 Å². The highest BCUT2D eigenvalue weighted by Crippen LogP contribution is 2.13. The molecule has 1 aliphatic rings. The van der Waals surface area contributed by atoms with E-state index in [0.717, 1.165) is 6.42 Å². The summed E-state index contributed by atoms with van der Waals surface area (Å²) in [6.07, 6.45) is 1.54. The molecule has 1 saturated heterocycles. The number of nitrogens with one attached hydrogen (secondary N) is 1. The molecule has 5 nitrogen and oxygen atoms in total. The van der Waals surface area contributed by atoms with E-state index in [9.17, 15) is 4.79 Å². The van der Waals surface area contributed by atoms with Crippen molar-refractivity contribution in [1.82, 2.24) is 5.32 Å². The van der Waals surface area contributed by atoms with Gasteiger partial charge >= 0.3 is 5.97 Å². The SMILES string of the molecule is CCCNC(C)(CCOC1COC1)C(=O)O. The molecule has 0 aromatic rings. The number of rotatable bonds is 8. The highest BCUT2D eigenvalue weighted by Gasteiger charge is 2.32. The van der Waals surface area contributed by atoms with Crippen molar-refractivity contribution in [3.63, 3.8) is 0 Å². The average molecular weight is 231 g/mol. The van der Waals surface area contributed by atoms with Gasteiger partial charge in [0.25, 0.3) is 0 Å². The summed E-state index contributed by atoms with van der Waals surface area (Å²) in [5.74, 6) is -0.825. The Kier molecular flexibility index (Phi) is 5.18. The van der Waals surface area contributed by atoms with Gasteiger partial charge < -0.3 is 19.9 Å². The molecule has 0 aliphatic carbocycles. The lowest BCUT2D eigenvalue weighted by Crippen LogP contribution is -2.51. The van der Waals surface area contributed by atoms with Crippen LogP contribution in [-0.4, -0.2) is 49.1 Å². The van der Waals surface area contributed by atoms with Crippen molar-refractivity contribution < 1.29 is 19.4 Å². The molecule has 0 saturated carbocycles. The largest absolute Gasteiger partial charge is 0.480 e. The summed E-state index contributed by atoms with van der Waals surface area (Å²) in [6, 6.07) is 0. The fraction of sp³-hybridized carbons (Fsp3) is 0.909. The lowest BCUT2D eigenvalue weighted by atomic mass is 9.98. The van der Waals surface area contributed by atoms with Crippen LogP contribution in [0.15, 0.2) is 0 Å². The van der Waals surface area contributed by atoms with Gasteiger partial charge in [0.15, 0.2) is 0 Å². The van der Waals surface area contributed by atoms with E-state index in [1.165, 1.54) is 0 Å². The Morgan fingerprint density at radius 3 is 2.75 bits per heavy atom. The van der Waals surface area contributed by atoms with Crippen molar-refractivity contribution >= 4 is 5.97 Å². The second kappa shape index (κ2) is 6.18. The number of carboxylic acid groups (broad SMARTS) is 1. The van der Waals surface area contributed by atoms with Gasteiger partial charge in [-0.05, 0) is 26.3 Å². The first-order valence-electron chi connectivity index (χ1n) is 5.76. The number of ether oxygens (including phenoxy) is 2. The number of carboxylic acids is 1. The fourth-order valence-electron chi connectivity index (χ4n) is 1.41. The maximum absolute atomic E-state index is 11.1. The fourth-order valence-corrected chi connectivity index (χ4v) is 1.41. The number of hydrogen-bond acceptors (Lipinski definition) is 4. The predicted molar refractivity (Wildman–Crippen MR) is 59.5 cm³/mol. The molecule has 1 unspecified atom stereocenters. The third kappa shape index (κ3) is 3.73. The van der Waals surface area contributed by atoms with Crippen LogP contribution in [-0.2, 0) is 14.3 Å². The van der Waals surface area contributed by atoms with Crippen LogP contribution < -0.4 is 5.32 Å². The molecule has 0 amide bonds. The summed E-state index contributed by atoms with van der Waals surface area (Å²) >= 11 is 0. The van der Waals surface area contributed by atoms with Gasteiger partial charge in [-0.2, -0.15) is 0 Å². The van der Waals surface area contributed by atoms with Gasteiger partial charge in [0, 0.05) is 6.61 Å². The summed E-state index contributed by atoms with van der Waals surface area (Å²) in [7, 11) is 0. The average Bonchev–Trinajstić information content (AvgIpc) is 2.18. The first-order valence-corrected chi connectivity index (χ1v) is 5.76. The first-order chi connectivity index (χ1) is 7.58. The van der Waals surface area contributed by atoms with Crippen LogP contribution in [0.4, 0.5) is 0 Å². The van der Waals surface area contributed by atoms with E-state index in [4.69, 9.17) is 14.6 Å². The first kappa shape index (κ1) is 13.4. The topological polar surface area (TPSA) is 67.8 Å². The Morgan fingerprint density at radius 2 is 2.31 bits per heavy atom. The smallest absolute Gasteiger partial charge is 0.323 e. The summed E-state index contributed by atoms with van der Waals surface area (Å²) in [5.41, 5.74) is -0.888. The molecule has 16 heavy (non-hydrogen) atoms. The molecule has 94 valence electrons. The predicted octanol–water partition coefficient (Wildman–Crippen LogP) is 0.635. The molecule has 0 radical (unpaired) electrons. The molecule has 1 atom stereocenters. The molecular formula is C11H21NO4. The van der Waals surface area contributed by atoms with Crippen molar-refractivity contribution in [2.45, 2.75) is 38.3 Å². The molecule has 2 N–H and O–H groups in total. The molecule has 0 aromatic heterocycles. The van der Waals surface area contributed by atoms with Gasteiger partial charge in [-0.25, -0.2) is 0 Å². The minimum atomic E-state index is -0.888. The maximum atomic E-state index is 11.1. The summed E-state index contributed by atoms with van der Waals surface area (Å²) < 4.78 is 10.4. The van der Waals surface area contributed by atoms with Crippen molar-refractivity contribution in [3.05, 3.63) is 0 Å². The van der Waals surface area contributed by atoms with Crippen molar-refractivity contribution in [3.8, 4) is 0 Å². The Bertz CT molecular complexity index is 230. The molecule has 0 bridgehead atoms. The summed E-state index contributed by atoms with van der Waals surface area (Å²) in [6.45, 7) is 6.13. The van der Waals surface area contributed by atoms with Crippen molar-refractivity contribution in [2.75, 3.05) is 26.4 Å². The third-order valence-electron chi connectivity index (χ3n) is 2.80. The normalized spacial score (nSPS) is 20.1. The van der Waals surface area contributed by atoms with Crippen LogP contribution in [0.2, 0.25) is 0 Å². The molecule has 0 aromatic carbocycles. The second-order valence-corrected chi connectivity index (χ2v) is 4.34. The van der Waals surface area contributed by atoms with E-state index in [0.29, 0.717) is 32.8 Å². The Morgan fingerprint density at radius 1 is 1.62 bits per heavy atom. The maximum Gasteiger partial charge on any atom is 0.323 e. The van der Waals surface area contributed by atoms with Crippen LogP contribution in [0.3, 0.4) is 0 Å². The lowest BCUT2D eigenvalue weighted by Gasteiger charge is -2.30. The minimum absolute atomic E-state index is 0.157. The molecule has 0 spiro atoms. The number of carbonyl (C=O) groups is 1. The van der Waals surface area contributed by atoms with Crippen molar-refractivity contribution in [2.24, 2.45) is 0 Å². The Hall–Kier alpha value is -0.650. The molecular weight excluding hydrogens is 210 g/mol. The summed E-state index contributed by atoms with van der Waals surface area (Å²) in [4.78, 5) is 11.1. The third-order valence-corrected chi connectivity index (χ3v) is 2.80. The second-order valence-electron chi connectivity index (χ2n) is 4.34. The van der Waals surface area contributed by atoms with E-state index in [1.54, 1.807) is 6.92 Å². The van der Waals surface area contributed by atoms with Crippen molar-refractivity contribution in [1.29, 1.82) is 0 Å². The molecule has 1 rings (SSSR count). The van der Waals surface area contributed by atoms with Crippen LogP contribution >= 0.6 is 0 Å². The number of aliphatic carboxylic acids is 1. The van der Waals surface area contributed by atoms with Crippen LogP contribution in [0.1, 0.15) is 26.7 Å². The zero-order chi connectivity index (χ0) is 12.0. The highest BCUT2D eigenvalue weighted by molar-refractivity contribution is 5.78. The van der Waals surface area contributed by atoms with Gasteiger partial charge in [0.2, 0.25) is 0 Å². The van der Waals surface area contributed by atoms with E-state index in [1.807, 2.05) is 6.92 Å². The highest BCUT2D eigenvalue weighted by atomic mass is 16.6. The van der Waals surface area contributed by atoms with Gasteiger partial charge in [-0.15, -0.1) is 0 Å². The standard InChI is InChI=1S/C11H21NO4/c1-3-5-12-11(2,10(13)14)4-6-16-9-7-15-8-9/h9,12H,3-8H2,1-2H3,(H,13,14). The lowest BCUT2D eigenvalue weighted by molar-refractivity contribution is -0.149. The van der Waals surface area contributed by atoms with E-state index in [-0.39, 0.29) is 6.10 Å². The van der Waals surface area contributed by atoms with Crippen LogP contribution in [0.25, 0.3) is 0 Å². The quantitative estimate of drug-likeness (QED) is 0.641. The number of hydrogen-bond donors (Lipinski definition) is 2. The minimum Gasteiger partial charge on any atom is -0.480 e. The molecule has 1 aliphatic heterocycles. The van der Waals surface area contributed by atoms with Gasteiger partial charge in [0.1, 0.15) is 11.6 Å². The van der Waals surface area contributed by atoms with Gasteiger partial charge in [-0.1, -0.05) is 6.92 Å². The zero-order valence-corrected chi connectivity index (χ0v) is 9.99. The van der Waals surface area contributed by atoms with E-state index in [2.05, 4.69) is 5.32 Å². The van der Waals surface area contributed by atoms with Gasteiger partial charge in [-0.3, -0.25) is 4.79 Å². The van der Waals surface area contributed by atoms with Gasteiger partial charge in [0.05, 0.1) is 13.2 Å². The zero-order valence-electron chi connectivity index (χ0n) is 9.99. The van der Waals surface area contributed by atoms with E-state index >= 15 is 0 Å². The molecule has 1 fully saturated rings. The summed E-state index contributed by atoms with van der Waals surface area (Å²) in [5, 5.41) is 12.2. The Labute approximate surface area is 96.1 Å². The van der Waals surface area contributed by atoms with Crippen LogP contribution in [0, 0.1) is 0 Å². The monoisotopic (exact) mass is 231 g/mol. The molecule has 5 heteroatoms. The Balaban J connectivity index is 2.27.